The highest BCUT2D eigenvalue weighted by Gasteiger charge is 2.19. The Hall–Kier alpha value is -1.62. The summed E-state index contributed by atoms with van der Waals surface area (Å²) < 4.78 is 0. The molecule has 0 spiro atoms. The number of carboxylic acids is 1. The van der Waals surface area contributed by atoms with Crippen molar-refractivity contribution < 1.29 is 9.90 Å². The van der Waals surface area contributed by atoms with Gasteiger partial charge in [-0.05, 0) is 57.5 Å². The summed E-state index contributed by atoms with van der Waals surface area (Å²) in [5.74, 6) is 0.170. The highest BCUT2D eigenvalue weighted by Crippen LogP contribution is 2.20. The summed E-state index contributed by atoms with van der Waals surface area (Å²) >= 11 is 0. The topological polar surface area (TPSA) is 65.5 Å². The van der Waals surface area contributed by atoms with Gasteiger partial charge in [0.15, 0.2) is 0 Å². The third-order valence-electron chi connectivity index (χ3n) is 3.77. The van der Waals surface area contributed by atoms with Crippen LogP contribution in [0, 0.1) is 12.8 Å². The van der Waals surface area contributed by atoms with Crippen molar-refractivity contribution in [1.29, 1.82) is 0 Å². The molecule has 0 saturated carbocycles. The van der Waals surface area contributed by atoms with Gasteiger partial charge < -0.3 is 15.3 Å². The molecule has 2 rings (SSSR count). The van der Waals surface area contributed by atoms with E-state index < -0.39 is 5.97 Å². The minimum absolute atomic E-state index is 0.287. The highest BCUT2D eigenvalue weighted by molar-refractivity contribution is 5.94. The van der Waals surface area contributed by atoms with Crippen LogP contribution < -0.4 is 5.32 Å². The molecule has 0 aromatic carbocycles. The van der Waals surface area contributed by atoms with Crippen LogP contribution in [-0.2, 0) is 0 Å². The van der Waals surface area contributed by atoms with E-state index >= 15 is 0 Å². The van der Waals surface area contributed by atoms with Crippen LogP contribution in [0.4, 0.5) is 5.82 Å². The van der Waals surface area contributed by atoms with Crippen LogP contribution in [0.3, 0.4) is 0 Å². The molecule has 0 bridgehead atoms. The highest BCUT2D eigenvalue weighted by atomic mass is 16.4. The van der Waals surface area contributed by atoms with Crippen LogP contribution >= 0.6 is 0 Å². The number of rotatable bonds is 4. The Balaban J connectivity index is 2.00. The van der Waals surface area contributed by atoms with Crippen LogP contribution in [0.15, 0.2) is 12.3 Å². The number of hydrogen-bond donors (Lipinski definition) is 2. The van der Waals surface area contributed by atoms with E-state index in [2.05, 4.69) is 22.2 Å². The van der Waals surface area contributed by atoms with Crippen LogP contribution in [0.25, 0.3) is 0 Å². The average molecular weight is 263 g/mol. The number of carboxylic acid groups (broad SMARTS) is 1. The number of pyridine rings is 1. The largest absolute Gasteiger partial charge is 0.478 e. The lowest BCUT2D eigenvalue weighted by Gasteiger charge is -2.29. The van der Waals surface area contributed by atoms with Gasteiger partial charge in [0.1, 0.15) is 11.4 Å². The van der Waals surface area contributed by atoms with Crippen molar-refractivity contribution in [2.75, 3.05) is 32.0 Å². The average Bonchev–Trinajstić information content (AvgIpc) is 2.37. The molecule has 1 aliphatic rings. The lowest BCUT2D eigenvalue weighted by atomic mass is 9.97. The summed E-state index contributed by atoms with van der Waals surface area (Å²) in [6.07, 6.45) is 3.95. The number of nitrogens with zero attached hydrogens (tertiary/aromatic N) is 2. The molecule has 5 heteroatoms. The van der Waals surface area contributed by atoms with Crippen LogP contribution in [0.5, 0.6) is 0 Å². The van der Waals surface area contributed by atoms with Crippen molar-refractivity contribution >= 4 is 11.8 Å². The molecule has 0 atom stereocenters. The fraction of sp³-hybridized carbons (Fsp3) is 0.571. The Morgan fingerprint density at radius 2 is 2.21 bits per heavy atom. The zero-order chi connectivity index (χ0) is 13.8. The first kappa shape index (κ1) is 13.8. The monoisotopic (exact) mass is 263 g/mol. The number of piperidine rings is 1. The van der Waals surface area contributed by atoms with Crippen molar-refractivity contribution in [2.24, 2.45) is 5.92 Å². The number of aromatic nitrogens is 1. The second-order valence-corrected chi connectivity index (χ2v) is 5.28. The Morgan fingerprint density at radius 3 is 2.84 bits per heavy atom. The van der Waals surface area contributed by atoms with E-state index in [1.54, 1.807) is 19.2 Å². The Bertz CT molecular complexity index is 454. The van der Waals surface area contributed by atoms with Gasteiger partial charge >= 0.3 is 5.97 Å². The zero-order valence-corrected chi connectivity index (χ0v) is 11.5. The zero-order valence-electron chi connectivity index (χ0n) is 11.5. The van der Waals surface area contributed by atoms with E-state index in [1.165, 1.54) is 0 Å². The quantitative estimate of drug-likeness (QED) is 0.867. The maximum atomic E-state index is 11.3. The van der Waals surface area contributed by atoms with Crippen LogP contribution in [-0.4, -0.2) is 47.6 Å². The van der Waals surface area contributed by atoms with E-state index in [-0.39, 0.29) is 5.56 Å². The van der Waals surface area contributed by atoms with Gasteiger partial charge in [-0.15, -0.1) is 0 Å². The van der Waals surface area contributed by atoms with Gasteiger partial charge in [0.25, 0.3) is 0 Å². The Morgan fingerprint density at radius 1 is 1.53 bits per heavy atom. The van der Waals surface area contributed by atoms with Gasteiger partial charge in [0.2, 0.25) is 0 Å². The molecule has 104 valence electrons. The third kappa shape index (κ3) is 3.44. The lowest BCUT2D eigenvalue weighted by Crippen LogP contribution is -2.33. The number of carbonyl (C=O) groups is 1. The number of nitrogens with one attached hydrogen (secondary N) is 1. The summed E-state index contributed by atoms with van der Waals surface area (Å²) in [5.41, 5.74) is 1.03. The van der Waals surface area contributed by atoms with Gasteiger partial charge in [-0.3, -0.25) is 0 Å². The van der Waals surface area contributed by atoms with E-state index in [4.69, 9.17) is 0 Å². The molecule has 0 amide bonds. The maximum Gasteiger partial charge on any atom is 0.339 e. The molecule has 0 radical (unpaired) electrons. The molecule has 19 heavy (non-hydrogen) atoms. The fourth-order valence-electron chi connectivity index (χ4n) is 2.47. The van der Waals surface area contributed by atoms with E-state index in [0.717, 1.165) is 38.0 Å². The minimum Gasteiger partial charge on any atom is -0.478 e. The lowest BCUT2D eigenvalue weighted by molar-refractivity contribution is 0.0696. The van der Waals surface area contributed by atoms with Crippen molar-refractivity contribution in [3.05, 3.63) is 23.4 Å². The summed E-state index contributed by atoms with van der Waals surface area (Å²) in [4.78, 5) is 17.7. The second-order valence-electron chi connectivity index (χ2n) is 5.28. The molecule has 1 aromatic rings. The normalized spacial score (nSPS) is 17.4. The number of aromatic carboxylic acids is 1. The van der Waals surface area contributed by atoms with Crippen molar-refractivity contribution in [3.8, 4) is 0 Å². The van der Waals surface area contributed by atoms with E-state index in [9.17, 15) is 9.90 Å². The van der Waals surface area contributed by atoms with Crippen LogP contribution in [0.2, 0.25) is 0 Å². The number of likely N-dealkylation sites (tertiary alicyclic amines) is 1. The van der Waals surface area contributed by atoms with Crippen LogP contribution in [0.1, 0.15) is 28.8 Å². The first-order chi connectivity index (χ1) is 9.08. The molecule has 1 aliphatic heterocycles. The SMILES string of the molecule is Cc1ccnc(NCC2CCN(C)CC2)c1C(=O)O. The van der Waals surface area contributed by atoms with Gasteiger partial charge in [-0.2, -0.15) is 0 Å². The summed E-state index contributed by atoms with van der Waals surface area (Å²) in [6, 6.07) is 1.73. The maximum absolute atomic E-state index is 11.3. The smallest absolute Gasteiger partial charge is 0.339 e. The minimum atomic E-state index is -0.920. The molecule has 1 aromatic heterocycles. The van der Waals surface area contributed by atoms with Crippen molar-refractivity contribution in [3.63, 3.8) is 0 Å². The first-order valence-corrected chi connectivity index (χ1v) is 6.69. The number of aryl methyl sites for hydroxylation is 1. The number of anilines is 1. The van der Waals surface area contributed by atoms with E-state index in [1.807, 2.05) is 0 Å². The summed E-state index contributed by atoms with van der Waals surface area (Å²) in [7, 11) is 2.13. The molecule has 2 N–H and O–H groups in total. The van der Waals surface area contributed by atoms with Crippen molar-refractivity contribution in [2.45, 2.75) is 19.8 Å². The molecule has 2 heterocycles. The van der Waals surface area contributed by atoms with Gasteiger partial charge in [-0.25, -0.2) is 9.78 Å². The predicted octanol–water partition coefficient (Wildman–Crippen LogP) is 1.84. The Kier molecular flexibility index (Phi) is 4.37. The second kappa shape index (κ2) is 6.02. The standard InChI is InChI=1S/C14H21N3O2/c1-10-3-6-15-13(12(10)14(18)19)16-9-11-4-7-17(2)8-5-11/h3,6,11H,4-5,7-9H2,1-2H3,(H,15,16)(H,18,19). The third-order valence-corrected chi connectivity index (χ3v) is 3.77. The van der Waals surface area contributed by atoms with Gasteiger partial charge in [-0.1, -0.05) is 0 Å². The molecular weight excluding hydrogens is 242 g/mol. The number of hydrogen-bond acceptors (Lipinski definition) is 4. The molecule has 1 saturated heterocycles. The Labute approximate surface area is 113 Å². The fourth-order valence-corrected chi connectivity index (χ4v) is 2.47. The molecule has 1 fully saturated rings. The molecule has 5 nitrogen and oxygen atoms in total. The summed E-state index contributed by atoms with van der Waals surface area (Å²) in [6.45, 7) is 4.81. The predicted molar refractivity (Wildman–Crippen MR) is 74.6 cm³/mol. The molecule has 0 aliphatic carbocycles. The van der Waals surface area contributed by atoms with Crippen molar-refractivity contribution in [1.82, 2.24) is 9.88 Å². The van der Waals surface area contributed by atoms with Gasteiger partial charge in [0.05, 0.1) is 0 Å². The van der Waals surface area contributed by atoms with Gasteiger partial charge in [0, 0.05) is 12.7 Å². The van der Waals surface area contributed by atoms with E-state index in [0.29, 0.717) is 11.7 Å². The molecular formula is C14H21N3O2. The summed E-state index contributed by atoms with van der Waals surface area (Å²) in [5, 5.41) is 12.4. The molecule has 0 unspecified atom stereocenters. The first-order valence-electron chi connectivity index (χ1n) is 6.69.